The van der Waals surface area contributed by atoms with E-state index in [1.54, 1.807) is 0 Å². The number of amides is 2. The van der Waals surface area contributed by atoms with Gasteiger partial charge in [0.1, 0.15) is 5.54 Å². The van der Waals surface area contributed by atoms with E-state index in [-0.39, 0.29) is 6.03 Å². The average Bonchev–Trinajstić information content (AvgIpc) is 2.36. The van der Waals surface area contributed by atoms with Gasteiger partial charge >= 0.3 is 12.0 Å². The lowest BCUT2D eigenvalue weighted by atomic mass is 10.1. The second-order valence-corrected chi connectivity index (χ2v) is 6.51. The van der Waals surface area contributed by atoms with Crippen LogP contribution in [0.15, 0.2) is 0 Å². The molecule has 0 bridgehead atoms. The zero-order valence-corrected chi connectivity index (χ0v) is 12.0. The number of hydrogen-bond donors (Lipinski definition) is 2. The molecule has 18 heavy (non-hydrogen) atoms. The molecule has 1 unspecified atom stereocenters. The summed E-state index contributed by atoms with van der Waals surface area (Å²) in [5.74, 6) is 0.143. The van der Waals surface area contributed by atoms with E-state index in [9.17, 15) is 9.59 Å². The molecule has 0 saturated carbocycles. The Hall–Kier alpha value is -0.910. The Morgan fingerprint density at radius 3 is 2.61 bits per heavy atom. The summed E-state index contributed by atoms with van der Waals surface area (Å²) in [5.41, 5.74) is -1.19. The van der Waals surface area contributed by atoms with Gasteiger partial charge in [0.25, 0.3) is 0 Å². The third kappa shape index (κ3) is 3.80. The van der Waals surface area contributed by atoms with Crippen LogP contribution in [0.1, 0.15) is 33.1 Å². The highest BCUT2D eigenvalue weighted by Gasteiger charge is 2.35. The maximum Gasteiger partial charge on any atom is 0.329 e. The second kappa shape index (κ2) is 6.31. The molecule has 5 nitrogen and oxygen atoms in total. The van der Waals surface area contributed by atoms with Crippen LogP contribution in [0.2, 0.25) is 0 Å². The van der Waals surface area contributed by atoms with Crippen molar-refractivity contribution in [2.45, 2.75) is 43.9 Å². The van der Waals surface area contributed by atoms with E-state index in [4.69, 9.17) is 5.11 Å². The second-order valence-electron chi connectivity index (χ2n) is 5.10. The quantitative estimate of drug-likeness (QED) is 0.820. The monoisotopic (exact) mass is 274 g/mol. The van der Waals surface area contributed by atoms with Gasteiger partial charge in [0.2, 0.25) is 0 Å². The summed E-state index contributed by atoms with van der Waals surface area (Å²) >= 11 is 1.88. The molecule has 0 radical (unpaired) electrons. The molecule has 104 valence electrons. The molecular weight excluding hydrogens is 252 g/mol. The predicted molar refractivity (Wildman–Crippen MR) is 73.0 cm³/mol. The number of hydrogen-bond acceptors (Lipinski definition) is 3. The number of carbonyl (C=O) groups is 2. The molecule has 1 fully saturated rings. The minimum Gasteiger partial charge on any atom is -0.480 e. The van der Waals surface area contributed by atoms with Gasteiger partial charge in [0, 0.05) is 18.8 Å². The van der Waals surface area contributed by atoms with E-state index in [1.807, 2.05) is 11.8 Å². The molecule has 2 amide bonds. The highest BCUT2D eigenvalue weighted by atomic mass is 32.2. The molecule has 0 aromatic carbocycles. The smallest absolute Gasteiger partial charge is 0.329 e. The normalized spacial score (nSPS) is 20.3. The van der Waals surface area contributed by atoms with Crippen LogP contribution in [-0.4, -0.2) is 52.1 Å². The maximum atomic E-state index is 11.9. The largest absolute Gasteiger partial charge is 0.480 e. The molecule has 0 spiro atoms. The standard InChI is InChI=1S/C12H22N2O3S/c1-12(2,10(15)16)14(3)11(17)13-8-9-6-4-5-7-18-9/h9H,4-8H2,1-3H3,(H,13,17)(H,15,16). The number of carboxylic acid groups (broad SMARTS) is 1. The first-order valence-electron chi connectivity index (χ1n) is 6.22. The van der Waals surface area contributed by atoms with Gasteiger partial charge in [-0.2, -0.15) is 11.8 Å². The van der Waals surface area contributed by atoms with Gasteiger partial charge in [-0.05, 0) is 32.4 Å². The molecule has 1 aliphatic heterocycles. The van der Waals surface area contributed by atoms with Crippen molar-refractivity contribution in [3.05, 3.63) is 0 Å². The number of likely N-dealkylation sites (N-methyl/N-ethyl adjacent to an activating group) is 1. The third-order valence-corrected chi connectivity index (χ3v) is 4.82. The highest BCUT2D eigenvalue weighted by Crippen LogP contribution is 2.24. The van der Waals surface area contributed by atoms with E-state index in [1.165, 1.54) is 38.6 Å². The zero-order chi connectivity index (χ0) is 13.8. The number of carbonyl (C=O) groups excluding carboxylic acids is 1. The van der Waals surface area contributed by atoms with Crippen molar-refractivity contribution in [3.63, 3.8) is 0 Å². The molecule has 0 aromatic rings. The number of urea groups is 1. The summed E-state index contributed by atoms with van der Waals surface area (Å²) in [6, 6.07) is -0.325. The molecule has 1 atom stereocenters. The lowest BCUT2D eigenvalue weighted by Gasteiger charge is -2.32. The predicted octanol–water partition coefficient (Wildman–Crippen LogP) is 1.78. The van der Waals surface area contributed by atoms with Gasteiger partial charge in [-0.25, -0.2) is 9.59 Å². The summed E-state index contributed by atoms with van der Waals surface area (Å²) in [6.07, 6.45) is 3.59. The maximum absolute atomic E-state index is 11.9. The number of carboxylic acids is 1. The van der Waals surface area contributed by atoms with Crippen molar-refractivity contribution >= 4 is 23.8 Å². The van der Waals surface area contributed by atoms with E-state index in [2.05, 4.69) is 5.32 Å². The van der Waals surface area contributed by atoms with Gasteiger partial charge in [0.05, 0.1) is 0 Å². The van der Waals surface area contributed by atoms with Crippen molar-refractivity contribution in [2.24, 2.45) is 0 Å². The fourth-order valence-corrected chi connectivity index (χ4v) is 2.92. The topological polar surface area (TPSA) is 69.6 Å². The number of thioether (sulfide) groups is 1. The first-order valence-corrected chi connectivity index (χ1v) is 7.27. The first-order chi connectivity index (χ1) is 8.35. The Balaban J connectivity index is 2.42. The zero-order valence-electron chi connectivity index (χ0n) is 11.2. The number of aliphatic carboxylic acids is 1. The molecule has 0 aliphatic carbocycles. The third-order valence-electron chi connectivity index (χ3n) is 3.42. The van der Waals surface area contributed by atoms with Crippen LogP contribution in [-0.2, 0) is 4.79 Å². The van der Waals surface area contributed by atoms with Gasteiger partial charge in [0.15, 0.2) is 0 Å². The molecule has 2 N–H and O–H groups in total. The summed E-state index contributed by atoms with van der Waals surface area (Å²) in [7, 11) is 1.51. The van der Waals surface area contributed by atoms with Crippen molar-refractivity contribution in [2.75, 3.05) is 19.3 Å². The Labute approximate surface area is 112 Å². The van der Waals surface area contributed by atoms with Crippen LogP contribution in [0.4, 0.5) is 4.79 Å². The lowest BCUT2D eigenvalue weighted by Crippen LogP contribution is -2.54. The summed E-state index contributed by atoms with van der Waals surface area (Å²) in [6.45, 7) is 3.65. The minimum atomic E-state index is -1.19. The number of nitrogens with one attached hydrogen (secondary N) is 1. The highest BCUT2D eigenvalue weighted by molar-refractivity contribution is 7.99. The first kappa shape index (κ1) is 15.1. The number of nitrogens with zero attached hydrogens (tertiary/aromatic N) is 1. The van der Waals surface area contributed by atoms with Crippen LogP contribution in [0.25, 0.3) is 0 Å². The molecule has 1 saturated heterocycles. The van der Waals surface area contributed by atoms with Crippen molar-refractivity contribution in [1.29, 1.82) is 0 Å². The van der Waals surface area contributed by atoms with Gasteiger partial charge in [-0.15, -0.1) is 0 Å². The van der Waals surface area contributed by atoms with Crippen LogP contribution < -0.4 is 5.32 Å². The van der Waals surface area contributed by atoms with Gasteiger partial charge in [-0.3, -0.25) is 0 Å². The lowest BCUT2D eigenvalue weighted by molar-refractivity contribution is -0.146. The Morgan fingerprint density at radius 1 is 1.44 bits per heavy atom. The van der Waals surface area contributed by atoms with Crippen molar-refractivity contribution < 1.29 is 14.7 Å². The molecule has 6 heteroatoms. The summed E-state index contributed by atoms with van der Waals surface area (Å²) < 4.78 is 0. The molecule has 0 aromatic heterocycles. The Morgan fingerprint density at radius 2 is 2.11 bits per heavy atom. The molecular formula is C12H22N2O3S. The fourth-order valence-electron chi connectivity index (χ4n) is 1.69. The molecule has 1 rings (SSSR count). The molecule has 1 heterocycles. The van der Waals surface area contributed by atoms with E-state index in [0.29, 0.717) is 11.8 Å². The van der Waals surface area contributed by atoms with E-state index in [0.717, 1.165) is 12.2 Å². The van der Waals surface area contributed by atoms with Crippen molar-refractivity contribution in [3.8, 4) is 0 Å². The fraction of sp³-hybridized carbons (Fsp3) is 0.833. The average molecular weight is 274 g/mol. The van der Waals surface area contributed by atoms with Gasteiger partial charge < -0.3 is 15.3 Å². The summed E-state index contributed by atoms with van der Waals surface area (Å²) in [5, 5.41) is 12.3. The van der Waals surface area contributed by atoms with Crippen LogP contribution in [0.3, 0.4) is 0 Å². The molecule has 1 aliphatic rings. The number of rotatable bonds is 4. The summed E-state index contributed by atoms with van der Waals surface area (Å²) in [4.78, 5) is 24.2. The Bertz CT molecular complexity index is 314. The van der Waals surface area contributed by atoms with Crippen LogP contribution >= 0.6 is 11.8 Å². The Kier molecular flexibility index (Phi) is 5.31. The van der Waals surface area contributed by atoms with E-state index >= 15 is 0 Å². The van der Waals surface area contributed by atoms with Crippen LogP contribution in [0, 0.1) is 0 Å². The minimum absolute atomic E-state index is 0.325. The SMILES string of the molecule is CN(C(=O)NCC1CCCCS1)C(C)(C)C(=O)O. The van der Waals surface area contributed by atoms with Crippen molar-refractivity contribution in [1.82, 2.24) is 10.2 Å². The van der Waals surface area contributed by atoms with Gasteiger partial charge in [-0.1, -0.05) is 6.42 Å². The van der Waals surface area contributed by atoms with E-state index < -0.39 is 11.5 Å². The van der Waals surface area contributed by atoms with Crippen LogP contribution in [0.5, 0.6) is 0 Å².